The molecule has 5 heteroatoms. The molecule has 0 fully saturated rings. The lowest BCUT2D eigenvalue weighted by atomic mass is 9.98. The lowest BCUT2D eigenvalue weighted by Gasteiger charge is -2.12. The molecule has 3 aromatic rings. The van der Waals surface area contributed by atoms with Crippen molar-refractivity contribution in [3.8, 4) is 22.4 Å². The van der Waals surface area contributed by atoms with Crippen molar-refractivity contribution in [2.24, 2.45) is 0 Å². The van der Waals surface area contributed by atoms with Gasteiger partial charge in [0.25, 0.3) is 0 Å². The first kappa shape index (κ1) is 14.1. The van der Waals surface area contributed by atoms with E-state index in [9.17, 15) is 0 Å². The van der Waals surface area contributed by atoms with Crippen molar-refractivity contribution in [1.82, 2.24) is 19.9 Å². The number of hydrogen-bond donors (Lipinski definition) is 1. The molecular weight excluding hydrogens is 274 g/mol. The van der Waals surface area contributed by atoms with Crippen molar-refractivity contribution in [3.05, 3.63) is 54.4 Å². The van der Waals surface area contributed by atoms with Crippen LogP contribution in [0.25, 0.3) is 22.4 Å². The Morgan fingerprint density at radius 2 is 1.68 bits per heavy atom. The molecule has 0 atom stereocenters. The molecule has 0 saturated carbocycles. The highest BCUT2D eigenvalue weighted by molar-refractivity contribution is 5.81. The molecule has 0 aromatic carbocycles. The van der Waals surface area contributed by atoms with Gasteiger partial charge in [0, 0.05) is 34.8 Å². The fourth-order valence-corrected chi connectivity index (χ4v) is 2.37. The lowest BCUT2D eigenvalue weighted by Crippen LogP contribution is -2.00. The van der Waals surface area contributed by atoms with Crippen LogP contribution < -0.4 is 5.73 Å². The summed E-state index contributed by atoms with van der Waals surface area (Å²) in [7, 11) is 0. The van der Waals surface area contributed by atoms with Crippen molar-refractivity contribution >= 4 is 5.82 Å². The van der Waals surface area contributed by atoms with E-state index in [1.807, 2.05) is 31.3 Å². The highest BCUT2D eigenvalue weighted by Gasteiger charge is 2.14. The Bertz CT molecular complexity index is 779. The van der Waals surface area contributed by atoms with Crippen LogP contribution in [-0.2, 0) is 6.42 Å². The average Bonchev–Trinajstić information content (AvgIpc) is 2.56. The maximum Gasteiger partial charge on any atom is 0.123 e. The SMILES string of the molecule is CCc1ncnc(-c2ccc(C)nc2)c1-c1ccc(N)nc1. The van der Waals surface area contributed by atoms with Crippen LogP contribution in [0.5, 0.6) is 0 Å². The van der Waals surface area contributed by atoms with Gasteiger partial charge in [-0.25, -0.2) is 15.0 Å². The fraction of sp³-hybridized carbons (Fsp3) is 0.176. The van der Waals surface area contributed by atoms with E-state index >= 15 is 0 Å². The maximum absolute atomic E-state index is 5.69. The van der Waals surface area contributed by atoms with E-state index < -0.39 is 0 Å². The topological polar surface area (TPSA) is 77.6 Å². The van der Waals surface area contributed by atoms with Gasteiger partial charge in [0.05, 0.1) is 11.4 Å². The molecule has 110 valence electrons. The molecule has 5 nitrogen and oxygen atoms in total. The minimum Gasteiger partial charge on any atom is -0.384 e. The van der Waals surface area contributed by atoms with Gasteiger partial charge in [-0.1, -0.05) is 6.92 Å². The Kier molecular flexibility index (Phi) is 3.78. The number of aryl methyl sites for hydroxylation is 2. The number of rotatable bonds is 3. The fourth-order valence-electron chi connectivity index (χ4n) is 2.37. The first-order valence-corrected chi connectivity index (χ1v) is 7.18. The van der Waals surface area contributed by atoms with Gasteiger partial charge in [-0.2, -0.15) is 0 Å². The summed E-state index contributed by atoms with van der Waals surface area (Å²) in [6.07, 6.45) is 6.01. The Labute approximate surface area is 129 Å². The summed E-state index contributed by atoms with van der Waals surface area (Å²) in [4.78, 5) is 17.4. The largest absolute Gasteiger partial charge is 0.384 e. The van der Waals surface area contributed by atoms with Crippen LogP contribution in [0, 0.1) is 6.92 Å². The van der Waals surface area contributed by atoms with Crippen molar-refractivity contribution < 1.29 is 0 Å². The Morgan fingerprint density at radius 1 is 0.909 bits per heavy atom. The molecule has 22 heavy (non-hydrogen) atoms. The molecule has 0 aliphatic carbocycles. The lowest BCUT2D eigenvalue weighted by molar-refractivity contribution is 1.00. The number of pyridine rings is 2. The second-order valence-electron chi connectivity index (χ2n) is 5.06. The number of aromatic nitrogens is 4. The summed E-state index contributed by atoms with van der Waals surface area (Å²) < 4.78 is 0. The van der Waals surface area contributed by atoms with E-state index in [1.54, 1.807) is 18.6 Å². The number of nitrogens with two attached hydrogens (primary N) is 1. The molecule has 0 radical (unpaired) electrons. The molecule has 0 bridgehead atoms. The highest BCUT2D eigenvalue weighted by atomic mass is 14.9. The first-order chi connectivity index (χ1) is 10.7. The quantitative estimate of drug-likeness (QED) is 0.802. The van der Waals surface area contributed by atoms with Gasteiger partial charge >= 0.3 is 0 Å². The third kappa shape index (κ3) is 2.65. The minimum atomic E-state index is 0.497. The van der Waals surface area contributed by atoms with Crippen LogP contribution in [0.4, 0.5) is 5.82 Å². The van der Waals surface area contributed by atoms with Gasteiger partial charge in [-0.05, 0) is 37.6 Å². The van der Waals surface area contributed by atoms with E-state index in [-0.39, 0.29) is 0 Å². The van der Waals surface area contributed by atoms with Crippen LogP contribution in [0.1, 0.15) is 18.3 Å². The predicted molar refractivity (Wildman–Crippen MR) is 87.0 cm³/mol. The van der Waals surface area contributed by atoms with Crippen molar-refractivity contribution in [2.75, 3.05) is 5.73 Å². The molecule has 3 heterocycles. The Balaban J connectivity index is 2.22. The van der Waals surface area contributed by atoms with E-state index in [2.05, 4.69) is 26.9 Å². The molecule has 2 N–H and O–H groups in total. The van der Waals surface area contributed by atoms with Gasteiger partial charge in [0.15, 0.2) is 0 Å². The molecule has 3 aromatic heterocycles. The number of hydrogen-bond acceptors (Lipinski definition) is 5. The van der Waals surface area contributed by atoms with Crippen LogP contribution in [-0.4, -0.2) is 19.9 Å². The van der Waals surface area contributed by atoms with Crippen LogP contribution in [0.3, 0.4) is 0 Å². The van der Waals surface area contributed by atoms with Crippen molar-refractivity contribution in [1.29, 1.82) is 0 Å². The highest BCUT2D eigenvalue weighted by Crippen LogP contribution is 2.32. The Hall–Kier alpha value is -2.82. The molecular formula is C17H17N5. The zero-order chi connectivity index (χ0) is 15.5. The summed E-state index contributed by atoms with van der Waals surface area (Å²) in [5.41, 5.74) is 11.4. The predicted octanol–water partition coefficient (Wildman–Crippen LogP) is 3.05. The number of nitrogens with zero attached hydrogens (tertiary/aromatic N) is 4. The van der Waals surface area contributed by atoms with Gasteiger partial charge in [-0.3, -0.25) is 4.98 Å². The van der Waals surface area contributed by atoms with E-state index in [0.717, 1.165) is 40.2 Å². The van der Waals surface area contributed by atoms with Gasteiger partial charge in [0.1, 0.15) is 12.1 Å². The summed E-state index contributed by atoms with van der Waals surface area (Å²) in [5, 5.41) is 0. The van der Waals surface area contributed by atoms with Crippen LogP contribution >= 0.6 is 0 Å². The monoisotopic (exact) mass is 291 g/mol. The third-order valence-electron chi connectivity index (χ3n) is 3.52. The van der Waals surface area contributed by atoms with Crippen molar-refractivity contribution in [3.63, 3.8) is 0 Å². The number of anilines is 1. The van der Waals surface area contributed by atoms with E-state index in [4.69, 9.17) is 5.73 Å². The molecule has 0 aliphatic heterocycles. The van der Waals surface area contributed by atoms with Crippen molar-refractivity contribution in [2.45, 2.75) is 20.3 Å². The third-order valence-corrected chi connectivity index (χ3v) is 3.52. The van der Waals surface area contributed by atoms with Gasteiger partial charge in [0.2, 0.25) is 0 Å². The second-order valence-corrected chi connectivity index (χ2v) is 5.06. The minimum absolute atomic E-state index is 0.497. The molecule has 0 unspecified atom stereocenters. The van der Waals surface area contributed by atoms with Gasteiger partial charge < -0.3 is 5.73 Å². The standard InChI is InChI=1S/C17H17N5/c1-3-14-16(12-6-7-15(18)20-8-12)17(22-10-21-14)13-5-4-11(2)19-9-13/h4-10H,3H2,1-2H3,(H2,18,20). The normalized spacial score (nSPS) is 10.6. The molecule has 0 amide bonds. The Morgan fingerprint density at radius 3 is 2.32 bits per heavy atom. The van der Waals surface area contributed by atoms with Gasteiger partial charge in [-0.15, -0.1) is 0 Å². The smallest absolute Gasteiger partial charge is 0.123 e. The molecule has 0 saturated heterocycles. The number of nitrogen functional groups attached to an aromatic ring is 1. The summed E-state index contributed by atoms with van der Waals surface area (Å²) in [6.45, 7) is 4.04. The molecule has 3 rings (SSSR count). The summed E-state index contributed by atoms with van der Waals surface area (Å²) in [6, 6.07) is 7.75. The maximum atomic E-state index is 5.69. The van der Waals surface area contributed by atoms with E-state index in [1.165, 1.54) is 0 Å². The van der Waals surface area contributed by atoms with Crippen LogP contribution in [0.2, 0.25) is 0 Å². The molecule has 0 aliphatic rings. The molecule has 0 spiro atoms. The summed E-state index contributed by atoms with van der Waals surface area (Å²) >= 11 is 0. The zero-order valence-electron chi connectivity index (χ0n) is 12.6. The zero-order valence-corrected chi connectivity index (χ0v) is 12.6. The second kappa shape index (κ2) is 5.89. The average molecular weight is 291 g/mol. The van der Waals surface area contributed by atoms with Crippen LogP contribution in [0.15, 0.2) is 43.0 Å². The summed E-state index contributed by atoms with van der Waals surface area (Å²) in [5.74, 6) is 0.497. The van der Waals surface area contributed by atoms with E-state index in [0.29, 0.717) is 5.82 Å². The first-order valence-electron chi connectivity index (χ1n) is 7.18.